The first-order valence-electron chi connectivity index (χ1n) is 6.81. The highest BCUT2D eigenvalue weighted by Gasteiger charge is 2.35. The van der Waals surface area contributed by atoms with Gasteiger partial charge >= 0.3 is 0 Å². The molecule has 22 heavy (non-hydrogen) atoms. The quantitative estimate of drug-likeness (QED) is 0.644. The largest absolute Gasteiger partial charge is 0.269 e. The van der Waals surface area contributed by atoms with Gasteiger partial charge in [-0.05, 0) is 23.8 Å². The van der Waals surface area contributed by atoms with Gasteiger partial charge in [-0.15, -0.1) is 0 Å². The molecule has 3 rings (SSSR count). The molecule has 0 aliphatic carbocycles. The molecule has 0 atom stereocenters. The van der Waals surface area contributed by atoms with Gasteiger partial charge in [0, 0.05) is 0 Å². The number of carbonyl (C=O) groups excluding carboxylic acids is 2. The molecule has 1 heterocycles. The summed E-state index contributed by atoms with van der Waals surface area (Å²) in [6.07, 6.45) is 1.68. The van der Waals surface area contributed by atoms with E-state index in [2.05, 4.69) is 6.07 Å². The summed E-state index contributed by atoms with van der Waals surface area (Å²) in [5.41, 5.74) is 2.00. The Morgan fingerprint density at radius 1 is 0.955 bits per heavy atom. The number of fused-ring (bicyclic) bond motifs is 1. The molecule has 0 bridgehead atoms. The first kappa shape index (κ1) is 13.8. The Kier molecular flexibility index (Phi) is 3.55. The molecule has 106 valence electrons. The van der Waals surface area contributed by atoms with E-state index in [-0.39, 0.29) is 18.4 Å². The summed E-state index contributed by atoms with van der Waals surface area (Å²) >= 11 is 0. The maximum atomic E-state index is 12.3. The topological polar surface area (TPSA) is 61.2 Å². The van der Waals surface area contributed by atoms with Crippen LogP contribution >= 0.6 is 0 Å². The zero-order valence-corrected chi connectivity index (χ0v) is 11.7. The minimum Gasteiger partial charge on any atom is -0.269 e. The van der Waals surface area contributed by atoms with Crippen LogP contribution in [-0.4, -0.2) is 23.3 Å². The van der Waals surface area contributed by atoms with Crippen molar-refractivity contribution in [1.82, 2.24) is 4.90 Å². The number of nitriles is 1. The normalized spacial score (nSPS) is 14.0. The van der Waals surface area contributed by atoms with Crippen LogP contribution in [0.1, 0.15) is 26.3 Å². The van der Waals surface area contributed by atoms with Crippen molar-refractivity contribution < 1.29 is 9.59 Å². The van der Waals surface area contributed by atoms with Crippen molar-refractivity contribution in [2.24, 2.45) is 0 Å². The van der Waals surface area contributed by atoms with Gasteiger partial charge in [-0.1, -0.05) is 42.5 Å². The molecule has 1 aliphatic rings. The summed E-state index contributed by atoms with van der Waals surface area (Å²) < 4.78 is 0. The maximum absolute atomic E-state index is 12.3. The van der Waals surface area contributed by atoms with Crippen LogP contribution in [0.3, 0.4) is 0 Å². The predicted octanol–water partition coefficient (Wildman–Crippen LogP) is 2.89. The van der Waals surface area contributed by atoms with E-state index in [1.807, 2.05) is 30.3 Å². The number of imide groups is 1. The fraction of sp³-hybridized carbons (Fsp3) is 0.0556. The van der Waals surface area contributed by atoms with Gasteiger partial charge in [0.15, 0.2) is 0 Å². The summed E-state index contributed by atoms with van der Waals surface area (Å²) in [6.45, 7) is -0.0161. The second-order valence-electron chi connectivity index (χ2n) is 4.93. The first-order chi connectivity index (χ1) is 10.7. The molecule has 0 unspecified atom stereocenters. The third-order valence-corrected chi connectivity index (χ3v) is 3.49. The van der Waals surface area contributed by atoms with E-state index in [0.29, 0.717) is 16.7 Å². The number of amides is 2. The summed E-state index contributed by atoms with van der Waals surface area (Å²) in [6, 6.07) is 18.1. The molecule has 2 aromatic carbocycles. The van der Waals surface area contributed by atoms with E-state index >= 15 is 0 Å². The van der Waals surface area contributed by atoms with Crippen molar-refractivity contribution >= 4 is 17.9 Å². The Balaban J connectivity index is 1.88. The molecule has 4 heteroatoms. The lowest BCUT2D eigenvalue weighted by molar-refractivity contribution is 0.0670. The highest BCUT2D eigenvalue weighted by molar-refractivity contribution is 6.21. The molecule has 2 amide bonds. The maximum Gasteiger partial charge on any atom is 0.261 e. The number of nitrogens with zero attached hydrogens (tertiary/aromatic N) is 2. The fourth-order valence-corrected chi connectivity index (χ4v) is 2.42. The van der Waals surface area contributed by atoms with E-state index in [4.69, 9.17) is 0 Å². The van der Waals surface area contributed by atoms with Crippen LogP contribution < -0.4 is 0 Å². The van der Waals surface area contributed by atoms with Crippen molar-refractivity contribution in [3.05, 3.63) is 76.9 Å². The van der Waals surface area contributed by atoms with Crippen molar-refractivity contribution in [2.45, 2.75) is 0 Å². The van der Waals surface area contributed by atoms with Crippen LogP contribution in [0.25, 0.3) is 6.08 Å². The van der Waals surface area contributed by atoms with Gasteiger partial charge < -0.3 is 0 Å². The van der Waals surface area contributed by atoms with Crippen LogP contribution in [0, 0.1) is 11.3 Å². The van der Waals surface area contributed by atoms with Crippen molar-refractivity contribution in [3.63, 3.8) is 0 Å². The first-order valence-corrected chi connectivity index (χ1v) is 6.81. The van der Waals surface area contributed by atoms with Gasteiger partial charge in [0.1, 0.15) is 0 Å². The van der Waals surface area contributed by atoms with Crippen LogP contribution in [0.4, 0.5) is 0 Å². The smallest absolute Gasteiger partial charge is 0.261 e. The second kappa shape index (κ2) is 5.66. The lowest BCUT2D eigenvalue weighted by Crippen LogP contribution is -2.31. The molecule has 0 saturated carbocycles. The Hall–Kier alpha value is -3.19. The Labute approximate surface area is 127 Å². The van der Waals surface area contributed by atoms with Crippen LogP contribution in [-0.2, 0) is 0 Å². The van der Waals surface area contributed by atoms with Crippen LogP contribution in [0.5, 0.6) is 0 Å². The van der Waals surface area contributed by atoms with Crippen LogP contribution in [0.15, 0.2) is 60.2 Å². The van der Waals surface area contributed by atoms with Gasteiger partial charge in [0.05, 0.1) is 29.3 Å². The SMILES string of the molecule is N#C/C(=C/c1ccccc1)CN1C(=O)c2ccccc2C1=O. The molecule has 0 fully saturated rings. The summed E-state index contributed by atoms with van der Waals surface area (Å²) in [5.74, 6) is -0.704. The second-order valence-corrected chi connectivity index (χ2v) is 4.93. The summed E-state index contributed by atoms with van der Waals surface area (Å²) in [5, 5.41) is 9.27. The average Bonchev–Trinajstić information content (AvgIpc) is 2.80. The third-order valence-electron chi connectivity index (χ3n) is 3.49. The monoisotopic (exact) mass is 288 g/mol. The minimum absolute atomic E-state index is 0.0161. The molecule has 0 N–H and O–H groups in total. The van der Waals surface area contributed by atoms with E-state index in [1.165, 1.54) is 0 Å². The molecule has 0 spiro atoms. The molecule has 4 nitrogen and oxygen atoms in total. The van der Waals surface area contributed by atoms with E-state index < -0.39 is 0 Å². The molecule has 0 aromatic heterocycles. The Morgan fingerprint density at radius 2 is 1.50 bits per heavy atom. The summed E-state index contributed by atoms with van der Waals surface area (Å²) in [7, 11) is 0. The van der Waals surface area contributed by atoms with E-state index in [0.717, 1.165) is 10.5 Å². The van der Waals surface area contributed by atoms with Gasteiger partial charge in [-0.3, -0.25) is 14.5 Å². The van der Waals surface area contributed by atoms with Gasteiger partial charge in [0.2, 0.25) is 0 Å². The Bertz CT molecular complexity index is 781. The standard InChI is InChI=1S/C18H12N2O2/c19-11-14(10-13-6-2-1-3-7-13)12-20-17(21)15-8-4-5-9-16(15)18(20)22/h1-10H,12H2/b14-10-. The minimum atomic E-state index is -0.352. The summed E-state index contributed by atoms with van der Waals surface area (Å²) in [4.78, 5) is 25.7. The molecular weight excluding hydrogens is 276 g/mol. The van der Waals surface area contributed by atoms with Gasteiger partial charge in [-0.25, -0.2) is 0 Å². The van der Waals surface area contributed by atoms with Crippen LogP contribution in [0.2, 0.25) is 0 Å². The van der Waals surface area contributed by atoms with E-state index in [1.54, 1.807) is 30.3 Å². The number of rotatable bonds is 3. The molecule has 1 aliphatic heterocycles. The lowest BCUT2D eigenvalue weighted by Gasteiger charge is -2.12. The molecule has 2 aromatic rings. The van der Waals surface area contributed by atoms with Gasteiger partial charge in [0.25, 0.3) is 11.8 Å². The number of hydrogen-bond acceptors (Lipinski definition) is 3. The van der Waals surface area contributed by atoms with E-state index in [9.17, 15) is 14.9 Å². The number of hydrogen-bond donors (Lipinski definition) is 0. The lowest BCUT2D eigenvalue weighted by atomic mass is 10.1. The van der Waals surface area contributed by atoms with Crippen molar-refractivity contribution in [2.75, 3.05) is 6.54 Å². The Morgan fingerprint density at radius 3 is 2.05 bits per heavy atom. The van der Waals surface area contributed by atoms with Crippen molar-refractivity contribution in [3.8, 4) is 6.07 Å². The average molecular weight is 288 g/mol. The third kappa shape index (κ3) is 2.40. The zero-order chi connectivity index (χ0) is 15.5. The highest BCUT2D eigenvalue weighted by atomic mass is 16.2. The zero-order valence-electron chi connectivity index (χ0n) is 11.7. The molecular formula is C18H12N2O2. The highest BCUT2D eigenvalue weighted by Crippen LogP contribution is 2.23. The van der Waals surface area contributed by atoms with Gasteiger partial charge in [-0.2, -0.15) is 5.26 Å². The number of carbonyl (C=O) groups is 2. The van der Waals surface area contributed by atoms with Crippen molar-refractivity contribution in [1.29, 1.82) is 5.26 Å². The fourth-order valence-electron chi connectivity index (χ4n) is 2.42. The molecule has 0 radical (unpaired) electrons. The predicted molar refractivity (Wildman–Crippen MR) is 81.8 cm³/mol. The molecule has 0 saturated heterocycles. The number of benzene rings is 2.